The van der Waals surface area contributed by atoms with E-state index in [1.807, 2.05) is 43.3 Å². The van der Waals surface area contributed by atoms with Crippen molar-refractivity contribution in [3.63, 3.8) is 0 Å². The molecule has 1 heterocycles. The zero-order valence-corrected chi connectivity index (χ0v) is 24.1. The van der Waals surface area contributed by atoms with Crippen molar-refractivity contribution in [2.24, 2.45) is 0 Å². The van der Waals surface area contributed by atoms with Crippen LogP contribution in [0.1, 0.15) is 97.6 Å². The highest BCUT2D eigenvalue weighted by Crippen LogP contribution is 2.40. The summed E-state index contributed by atoms with van der Waals surface area (Å²) in [7, 11) is 0. The number of aromatic nitrogens is 1. The molecular formula is C34H37NO5. The molecule has 1 aliphatic rings. The van der Waals surface area contributed by atoms with E-state index in [1.54, 1.807) is 24.3 Å². The van der Waals surface area contributed by atoms with Crippen molar-refractivity contribution < 1.29 is 25.9 Å². The Balaban J connectivity index is 0.00000387. The van der Waals surface area contributed by atoms with Gasteiger partial charge in [-0.1, -0.05) is 77.4 Å². The first-order valence-corrected chi connectivity index (χ1v) is 13.5. The van der Waals surface area contributed by atoms with Gasteiger partial charge in [-0.25, -0.2) is 4.98 Å². The van der Waals surface area contributed by atoms with Crippen LogP contribution in [-0.2, 0) is 22.3 Å². The molecule has 1 unspecified atom stereocenters. The molecule has 1 N–H and O–H groups in total. The number of hydrogen-bond acceptors (Lipinski definition) is 6. The number of phenols is 1. The molecule has 4 aromatic rings. The van der Waals surface area contributed by atoms with E-state index in [1.165, 1.54) is 0 Å². The lowest BCUT2D eigenvalue weighted by atomic mass is 9.78. The molecule has 0 fully saturated rings. The normalized spacial score (nSPS) is 15.5. The summed E-state index contributed by atoms with van der Waals surface area (Å²) in [6, 6.07) is 18.2. The Labute approximate surface area is 236 Å². The van der Waals surface area contributed by atoms with Crippen LogP contribution in [0.4, 0.5) is 0 Å². The number of hydrogen-bond donors (Lipinski definition) is 1. The average Bonchev–Trinajstić information content (AvgIpc) is 3.12. The van der Waals surface area contributed by atoms with Gasteiger partial charge in [0.15, 0.2) is 17.3 Å². The SMILES string of the molecule is Cc1ccc2c(c1)C(=O)C(c1ccc3cccc(OOCc4cc(C(C)(C)C)c(O)c(C(C)(C)C)c4)c3n1)C2=O.[HH]. The van der Waals surface area contributed by atoms with Gasteiger partial charge >= 0.3 is 0 Å². The highest BCUT2D eigenvalue weighted by molar-refractivity contribution is 6.29. The van der Waals surface area contributed by atoms with Gasteiger partial charge in [0.05, 0.1) is 5.69 Å². The van der Waals surface area contributed by atoms with E-state index in [9.17, 15) is 14.7 Å². The maximum atomic E-state index is 13.2. The molecule has 6 nitrogen and oxygen atoms in total. The van der Waals surface area contributed by atoms with Gasteiger partial charge in [0.2, 0.25) is 0 Å². The Morgan fingerprint density at radius 3 is 2.15 bits per heavy atom. The molecule has 1 atom stereocenters. The predicted octanol–water partition coefficient (Wildman–Crippen LogP) is 7.76. The van der Waals surface area contributed by atoms with Crippen molar-refractivity contribution in [1.29, 1.82) is 0 Å². The predicted molar refractivity (Wildman–Crippen MR) is 157 cm³/mol. The number of rotatable bonds is 5. The van der Waals surface area contributed by atoms with Crippen LogP contribution in [0.25, 0.3) is 10.9 Å². The van der Waals surface area contributed by atoms with E-state index in [0.717, 1.165) is 27.6 Å². The van der Waals surface area contributed by atoms with Crippen LogP contribution in [-0.4, -0.2) is 21.7 Å². The summed E-state index contributed by atoms with van der Waals surface area (Å²) in [5, 5.41) is 11.8. The molecule has 0 spiro atoms. The summed E-state index contributed by atoms with van der Waals surface area (Å²) in [4.78, 5) is 42.5. The summed E-state index contributed by atoms with van der Waals surface area (Å²) < 4.78 is 0. The Morgan fingerprint density at radius 2 is 1.50 bits per heavy atom. The van der Waals surface area contributed by atoms with Crippen LogP contribution in [0.3, 0.4) is 0 Å². The number of fused-ring (bicyclic) bond motifs is 2. The summed E-state index contributed by atoms with van der Waals surface area (Å²) >= 11 is 0. The quantitative estimate of drug-likeness (QED) is 0.158. The topological polar surface area (TPSA) is 85.7 Å². The van der Waals surface area contributed by atoms with Gasteiger partial charge in [0, 0.05) is 17.9 Å². The van der Waals surface area contributed by atoms with E-state index in [-0.39, 0.29) is 30.4 Å². The van der Waals surface area contributed by atoms with Crippen LogP contribution in [0, 0.1) is 6.92 Å². The molecule has 0 radical (unpaired) electrons. The summed E-state index contributed by atoms with van der Waals surface area (Å²) in [5.41, 5.74) is 4.74. The second-order valence-electron chi connectivity index (χ2n) is 12.7. The van der Waals surface area contributed by atoms with Crippen LogP contribution in [0.15, 0.2) is 60.7 Å². The summed E-state index contributed by atoms with van der Waals surface area (Å²) in [6.07, 6.45) is 0. The number of aromatic hydroxyl groups is 1. The first kappa shape index (κ1) is 27.5. The zero-order chi connectivity index (χ0) is 29.0. The van der Waals surface area contributed by atoms with Gasteiger partial charge in [-0.3, -0.25) is 9.59 Å². The second-order valence-corrected chi connectivity index (χ2v) is 12.7. The molecule has 5 rings (SSSR count). The Hall–Kier alpha value is -4.03. The van der Waals surface area contributed by atoms with Crippen molar-refractivity contribution >= 4 is 22.5 Å². The third-order valence-corrected chi connectivity index (χ3v) is 7.39. The number of benzene rings is 3. The molecule has 6 heteroatoms. The van der Waals surface area contributed by atoms with E-state index in [0.29, 0.717) is 33.8 Å². The molecule has 0 bridgehead atoms. The molecule has 40 heavy (non-hydrogen) atoms. The minimum atomic E-state index is -0.973. The number of carbonyl (C=O) groups excluding carboxylic acids is 2. The molecular weight excluding hydrogens is 502 g/mol. The first-order valence-electron chi connectivity index (χ1n) is 13.5. The highest BCUT2D eigenvalue weighted by Gasteiger charge is 2.40. The molecule has 3 aromatic carbocycles. The average molecular weight is 540 g/mol. The molecule has 0 aliphatic heterocycles. The van der Waals surface area contributed by atoms with E-state index < -0.39 is 5.92 Å². The summed E-state index contributed by atoms with van der Waals surface area (Å²) in [6.45, 7) is 14.4. The summed E-state index contributed by atoms with van der Waals surface area (Å²) in [5.74, 6) is -0.751. The minimum absolute atomic E-state index is 0. The van der Waals surface area contributed by atoms with Gasteiger partial charge in [-0.2, -0.15) is 4.89 Å². The maximum absolute atomic E-state index is 13.2. The monoisotopic (exact) mass is 539 g/mol. The Morgan fingerprint density at radius 1 is 0.850 bits per heavy atom. The van der Waals surface area contributed by atoms with Gasteiger partial charge in [-0.15, -0.1) is 0 Å². The number of phenolic OH excluding ortho intramolecular Hbond substituents is 1. The number of pyridine rings is 1. The molecule has 0 saturated heterocycles. The van der Waals surface area contributed by atoms with Crippen molar-refractivity contribution in [1.82, 2.24) is 4.98 Å². The Kier molecular flexibility index (Phi) is 6.79. The highest BCUT2D eigenvalue weighted by atomic mass is 17.2. The molecule has 0 amide bonds. The lowest BCUT2D eigenvalue weighted by Crippen LogP contribution is -2.18. The second kappa shape index (κ2) is 9.86. The number of para-hydroxylation sites is 1. The fourth-order valence-electron chi connectivity index (χ4n) is 5.22. The van der Waals surface area contributed by atoms with E-state index in [2.05, 4.69) is 41.5 Å². The fourth-order valence-corrected chi connectivity index (χ4v) is 5.22. The number of carbonyl (C=O) groups is 2. The minimum Gasteiger partial charge on any atom is -0.507 e. The van der Waals surface area contributed by atoms with Crippen molar-refractivity contribution in [3.05, 3.63) is 99.7 Å². The fraction of sp³-hybridized carbons (Fsp3) is 0.324. The van der Waals surface area contributed by atoms with Crippen LogP contribution >= 0.6 is 0 Å². The maximum Gasteiger partial charge on any atom is 0.191 e. The number of nitrogens with zero attached hydrogens (tertiary/aromatic N) is 1. The van der Waals surface area contributed by atoms with Crippen LogP contribution in [0.5, 0.6) is 11.5 Å². The smallest absolute Gasteiger partial charge is 0.191 e. The molecule has 208 valence electrons. The van der Waals surface area contributed by atoms with Gasteiger partial charge in [0.25, 0.3) is 0 Å². The number of Topliss-reactive ketones (excluding diaryl/α,β-unsaturated/α-hetero) is 2. The van der Waals surface area contributed by atoms with Crippen LogP contribution < -0.4 is 4.89 Å². The molecule has 1 aromatic heterocycles. The van der Waals surface area contributed by atoms with Crippen molar-refractivity contribution in [3.8, 4) is 11.5 Å². The standard InChI is InChI=1S/C34H35NO5.H2/c1-19-11-13-22-23(15-19)31(37)28(30(22)36)26-14-12-21-9-8-10-27(29(21)35-26)40-39-18-20-16-24(33(2,3)4)32(38)25(17-20)34(5,6)7;/h8-17,28,38H,18H2,1-7H3;1H. The van der Waals surface area contributed by atoms with E-state index in [4.69, 9.17) is 14.8 Å². The van der Waals surface area contributed by atoms with Crippen LogP contribution in [0.2, 0.25) is 0 Å². The van der Waals surface area contributed by atoms with E-state index >= 15 is 0 Å². The number of ketones is 2. The third kappa shape index (κ3) is 5.00. The largest absolute Gasteiger partial charge is 0.507 e. The zero-order valence-electron chi connectivity index (χ0n) is 24.1. The molecule has 1 aliphatic carbocycles. The lowest BCUT2D eigenvalue weighted by molar-refractivity contribution is -0.216. The number of aryl methyl sites for hydroxylation is 1. The lowest BCUT2D eigenvalue weighted by Gasteiger charge is -2.28. The molecule has 0 saturated carbocycles. The van der Waals surface area contributed by atoms with Crippen molar-refractivity contribution in [2.75, 3.05) is 0 Å². The first-order chi connectivity index (χ1) is 18.8. The van der Waals surface area contributed by atoms with Gasteiger partial charge in [-0.05, 0) is 64.8 Å². The van der Waals surface area contributed by atoms with Gasteiger partial charge in [0.1, 0.15) is 23.8 Å². The van der Waals surface area contributed by atoms with Crippen molar-refractivity contribution in [2.45, 2.75) is 71.8 Å². The Bertz CT molecular complexity index is 1630. The third-order valence-electron chi connectivity index (χ3n) is 7.39. The van der Waals surface area contributed by atoms with Gasteiger partial charge < -0.3 is 9.99 Å².